The summed E-state index contributed by atoms with van der Waals surface area (Å²) in [6.07, 6.45) is 1.58. The Morgan fingerprint density at radius 1 is 1.54 bits per heavy atom. The Bertz CT molecular complexity index is 483. The van der Waals surface area contributed by atoms with Crippen LogP contribution >= 0.6 is 10.7 Å². The van der Waals surface area contributed by atoms with Crippen molar-refractivity contribution in [2.24, 2.45) is 0 Å². The number of hydrogen-bond donors (Lipinski definition) is 1. The molecule has 2 rings (SSSR count). The van der Waals surface area contributed by atoms with Gasteiger partial charge in [0.15, 0.2) is 0 Å². The van der Waals surface area contributed by atoms with Gasteiger partial charge in [0.1, 0.15) is 0 Å². The fraction of sp³-hybridized carbons (Fsp3) is 0.600. The van der Waals surface area contributed by atoms with E-state index in [0.29, 0.717) is 0 Å². The number of halogens is 1. The molecule has 1 aromatic rings. The Morgan fingerprint density at radius 2 is 2.15 bits per heavy atom. The highest BCUT2D eigenvalue weighted by atomic mass is 35.7. The van der Waals surface area contributed by atoms with Crippen molar-refractivity contribution in [3.05, 3.63) is 10.5 Å². The zero-order chi connectivity index (χ0) is 9.64. The van der Waals surface area contributed by atoms with Gasteiger partial charge in [-0.2, -0.15) is 0 Å². The minimum atomic E-state index is -3.92. The highest BCUT2D eigenvalue weighted by Gasteiger charge is 2.32. The Labute approximate surface area is 77.9 Å². The van der Waals surface area contributed by atoms with Crippen LogP contribution in [0.1, 0.15) is 18.9 Å². The van der Waals surface area contributed by atoms with Crippen LogP contribution in [0.4, 0.5) is 0 Å². The van der Waals surface area contributed by atoms with Crippen molar-refractivity contribution in [3.63, 3.8) is 0 Å². The van der Waals surface area contributed by atoms with Crippen molar-refractivity contribution in [1.29, 1.82) is 0 Å². The highest BCUT2D eigenvalue weighted by molar-refractivity contribution is 8.13. The minimum Gasteiger partial charge on any atom is -0.262 e. The third-order valence-corrected chi connectivity index (χ3v) is 2.94. The van der Waals surface area contributed by atoms with Gasteiger partial charge in [-0.25, -0.2) is 18.3 Å². The third-order valence-electron chi connectivity index (χ3n) is 1.80. The Kier molecular flexibility index (Phi) is 1.74. The molecule has 13 heavy (non-hydrogen) atoms. The maximum absolute atomic E-state index is 11.1. The summed E-state index contributed by atoms with van der Waals surface area (Å²) in [5.41, 5.74) is -0.526. The van der Waals surface area contributed by atoms with Crippen LogP contribution in [-0.4, -0.2) is 23.2 Å². The van der Waals surface area contributed by atoms with Crippen LogP contribution in [0.2, 0.25) is 0 Å². The predicted molar refractivity (Wildman–Crippen MR) is 44.2 cm³/mol. The first-order valence-corrected chi connectivity index (χ1v) is 5.92. The summed E-state index contributed by atoms with van der Waals surface area (Å²) in [5.74, 6) is 0. The van der Waals surface area contributed by atoms with E-state index in [1.807, 2.05) is 0 Å². The number of nitrogens with zero attached hydrogens (tertiary/aromatic N) is 2. The largest absolute Gasteiger partial charge is 0.344 e. The average molecular weight is 224 g/mol. The van der Waals surface area contributed by atoms with Crippen LogP contribution in [0.15, 0.2) is 9.95 Å². The van der Waals surface area contributed by atoms with Crippen molar-refractivity contribution < 1.29 is 8.42 Å². The molecule has 0 aromatic carbocycles. The van der Waals surface area contributed by atoms with E-state index >= 15 is 0 Å². The summed E-state index contributed by atoms with van der Waals surface area (Å²) in [7, 11) is 1.15. The zero-order valence-corrected chi connectivity index (χ0v) is 7.97. The Morgan fingerprint density at radius 3 is 2.62 bits per heavy atom. The van der Waals surface area contributed by atoms with Crippen molar-refractivity contribution in [2.75, 3.05) is 0 Å². The van der Waals surface area contributed by atoms with Crippen LogP contribution in [0.3, 0.4) is 0 Å². The molecule has 0 saturated heterocycles. The Hall–Kier alpha value is -0.820. The summed E-state index contributed by atoms with van der Waals surface area (Å²) in [5, 5.41) is 5.03. The van der Waals surface area contributed by atoms with E-state index in [9.17, 15) is 13.2 Å². The molecule has 0 aliphatic heterocycles. The van der Waals surface area contributed by atoms with Crippen LogP contribution in [-0.2, 0) is 9.05 Å². The molecule has 1 aromatic heterocycles. The molecule has 0 bridgehead atoms. The lowest BCUT2D eigenvalue weighted by Gasteiger charge is -1.97. The van der Waals surface area contributed by atoms with E-state index in [1.54, 1.807) is 0 Å². The maximum Gasteiger partial charge on any atom is 0.344 e. The van der Waals surface area contributed by atoms with Gasteiger partial charge in [-0.15, -0.1) is 5.10 Å². The lowest BCUT2D eigenvalue weighted by atomic mass is 10.7. The molecule has 0 unspecified atom stereocenters. The SMILES string of the molecule is O=c1[nH]nc(S(=O)(=O)Cl)n1C1CC1. The topological polar surface area (TPSA) is 84.8 Å². The second kappa shape index (κ2) is 2.58. The minimum absolute atomic E-state index is 0.0604. The van der Waals surface area contributed by atoms with Crippen LogP contribution in [0.25, 0.3) is 0 Å². The van der Waals surface area contributed by atoms with E-state index in [0.717, 1.165) is 17.4 Å². The second-order valence-electron chi connectivity index (χ2n) is 2.85. The van der Waals surface area contributed by atoms with Gasteiger partial charge < -0.3 is 0 Å². The second-order valence-corrected chi connectivity index (χ2v) is 5.31. The van der Waals surface area contributed by atoms with Crippen LogP contribution < -0.4 is 5.69 Å². The van der Waals surface area contributed by atoms with Crippen molar-refractivity contribution in [3.8, 4) is 0 Å². The quantitative estimate of drug-likeness (QED) is 0.706. The molecular formula is C5H6ClN3O3S. The number of nitrogens with one attached hydrogen (secondary N) is 1. The summed E-state index contributed by atoms with van der Waals surface area (Å²) < 4.78 is 22.9. The van der Waals surface area contributed by atoms with E-state index in [4.69, 9.17) is 10.7 Å². The maximum atomic E-state index is 11.1. The molecule has 0 amide bonds. The normalized spacial score (nSPS) is 17.6. The van der Waals surface area contributed by atoms with E-state index < -0.39 is 14.7 Å². The van der Waals surface area contributed by atoms with Gasteiger partial charge in [0, 0.05) is 16.7 Å². The molecule has 1 heterocycles. The van der Waals surface area contributed by atoms with Gasteiger partial charge in [-0.1, -0.05) is 0 Å². The van der Waals surface area contributed by atoms with Gasteiger partial charge in [-0.05, 0) is 12.8 Å². The van der Waals surface area contributed by atoms with Gasteiger partial charge in [0.05, 0.1) is 0 Å². The van der Waals surface area contributed by atoms with Gasteiger partial charge in [0.25, 0.3) is 14.2 Å². The summed E-state index contributed by atoms with van der Waals surface area (Å²) in [4.78, 5) is 11.1. The summed E-state index contributed by atoms with van der Waals surface area (Å²) >= 11 is 0. The van der Waals surface area contributed by atoms with Crippen molar-refractivity contribution in [2.45, 2.75) is 24.0 Å². The lowest BCUT2D eigenvalue weighted by molar-refractivity contribution is 0.573. The highest BCUT2D eigenvalue weighted by Crippen LogP contribution is 2.35. The van der Waals surface area contributed by atoms with Crippen LogP contribution in [0, 0.1) is 0 Å². The molecule has 0 atom stereocenters. The molecule has 1 aliphatic rings. The fourth-order valence-corrected chi connectivity index (χ4v) is 2.07. The average Bonchev–Trinajstić information content (AvgIpc) is 2.73. The van der Waals surface area contributed by atoms with Gasteiger partial charge in [0.2, 0.25) is 0 Å². The van der Waals surface area contributed by atoms with Crippen molar-refractivity contribution in [1.82, 2.24) is 14.8 Å². The fourth-order valence-electron chi connectivity index (χ4n) is 1.12. The molecule has 1 saturated carbocycles. The first-order chi connectivity index (χ1) is 6.00. The molecule has 8 heteroatoms. The molecule has 72 valence electrons. The first kappa shape index (κ1) is 8.76. The first-order valence-electron chi connectivity index (χ1n) is 3.62. The zero-order valence-electron chi connectivity index (χ0n) is 6.40. The molecule has 1 aliphatic carbocycles. The summed E-state index contributed by atoms with van der Waals surface area (Å²) in [6, 6.07) is -0.0604. The standard InChI is InChI=1S/C5H6ClN3O3S/c6-13(11,12)5-8-7-4(10)9(5)3-1-2-3/h3H,1-2H2,(H,7,10). The molecule has 0 radical (unpaired) electrons. The lowest BCUT2D eigenvalue weighted by Crippen LogP contribution is -2.18. The number of aromatic amines is 1. The molecule has 1 fully saturated rings. The molecule has 1 N–H and O–H groups in total. The van der Waals surface area contributed by atoms with Crippen molar-refractivity contribution >= 4 is 19.7 Å². The summed E-state index contributed by atoms with van der Waals surface area (Å²) in [6.45, 7) is 0. The van der Waals surface area contributed by atoms with Gasteiger partial charge >= 0.3 is 5.69 Å². The smallest absolute Gasteiger partial charge is 0.262 e. The molecule has 6 nitrogen and oxygen atoms in total. The molecular weight excluding hydrogens is 218 g/mol. The molecule has 0 spiro atoms. The number of H-pyrrole nitrogens is 1. The number of rotatable bonds is 2. The predicted octanol–water partition coefficient (Wildman–Crippen LogP) is -0.166. The van der Waals surface area contributed by atoms with E-state index in [-0.39, 0.29) is 11.2 Å². The Balaban J connectivity index is 2.65. The van der Waals surface area contributed by atoms with E-state index in [2.05, 4.69) is 10.2 Å². The monoisotopic (exact) mass is 223 g/mol. The number of hydrogen-bond acceptors (Lipinski definition) is 4. The van der Waals surface area contributed by atoms with Gasteiger partial charge in [-0.3, -0.25) is 4.57 Å². The van der Waals surface area contributed by atoms with Crippen LogP contribution in [0.5, 0.6) is 0 Å². The third kappa shape index (κ3) is 1.49. The van der Waals surface area contributed by atoms with E-state index in [1.165, 1.54) is 0 Å². The number of aromatic nitrogens is 3.